The Labute approximate surface area is 167 Å². The number of nitrogens with one attached hydrogen (secondary N) is 1. The van der Waals surface area contributed by atoms with E-state index in [1.807, 2.05) is 6.92 Å². The van der Waals surface area contributed by atoms with Crippen molar-refractivity contribution in [1.82, 2.24) is 14.8 Å². The number of benzene rings is 1. The van der Waals surface area contributed by atoms with Gasteiger partial charge in [0.05, 0.1) is 34.5 Å². The zero-order valence-corrected chi connectivity index (χ0v) is 16.6. The van der Waals surface area contributed by atoms with Gasteiger partial charge in [-0.05, 0) is 31.2 Å². The van der Waals surface area contributed by atoms with Crippen LogP contribution in [0.15, 0.2) is 64.2 Å². The van der Waals surface area contributed by atoms with Crippen molar-refractivity contribution in [2.75, 3.05) is 5.32 Å². The maximum Gasteiger partial charge on any atom is 0.291 e. The number of amides is 1. The first-order valence-corrected chi connectivity index (χ1v) is 10.5. The fourth-order valence-electron chi connectivity index (χ4n) is 3.13. The summed E-state index contributed by atoms with van der Waals surface area (Å²) in [7, 11) is -1.81. The fraction of sp³-hybridized carbons (Fsp3) is 0.150. The fourth-order valence-corrected chi connectivity index (χ4v) is 4.50. The van der Waals surface area contributed by atoms with Crippen LogP contribution < -0.4 is 5.32 Å². The third-order valence-electron chi connectivity index (χ3n) is 4.52. The number of carbonyl (C=O) groups excluding carboxylic acids is 1. The average Bonchev–Trinajstić information content (AvgIpc) is 3.26. The Balaban J connectivity index is 1.58. The van der Waals surface area contributed by atoms with Crippen molar-refractivity contribution in [3.05, 3.63) is 71.9 Å². The van der Waals surface area contributed by atoms with Gasteiger partial charge in [-0.1, -0.05) is 18.2 Å². The number of aryl methyl sites for hydroxylation is 2. The minimum absolute atomic E-state index is 0.0486. The quantitative estimate of drug-likeness (QED) is 0.542. The van der Waals surface area contributed by atoms with Crippen molar-refractivity contribution < 1.29 is 17.6 Å². The van der Waals surface area contributed by atoms with E-state index in [9.17, 15) is 13.2 Å². The Hall–Kier alpha value is -3.46. The van der Waals surface area contributed by atoms with Crippen molar-refractivity contribution in [2.45, 2.75) is 17.6 Å². The summed E-state index contributed by atoms with van der Waals surface area (Å²) in [6.45, 7) is 1.86. The Morgan fingerprint density at radius 3 is 2.72 bits per heavy atom. The van der Waals surface area contributed by atoms with Gasteiger partial charge in [0.15, 0.2) is 21.2 Å². The third kappa shape index (κ3) is 3.64. The molecule has 0 aliphatic rings. The second kappa shape index (κ2) is 7.17. The zero-order chi connectivity index (χ0) is 20.6. The Morgan fingerprint density at radius 1 is 1.21 bits per heavy atom. The SMILES string of the molecule is Cc1nn(C)c2ncc(NC(=O)c3occc3CS(=O)(=O)c3ccccc3)cc12. The largest absolute Gasteiger partial charge is 0.459 e. The van der Waals surface area contributed by atoms with Gasteiger partial charge in [0.1, 0.15) is 0 Å². The van der Waals surface area contributed by atoms with Crippen LogP contribution in [0.2, 0.25) is 0 Å². The summed E-state index contributed by atoms with van der Waals surface area (Å²) >= 11 is 0. The predicted octanol–water partition coefficient (Wildman–Crippen LogP) is 3.10. The number of furan rings is 1. The van der Waals surface area contributed by atoms with Crippen molar-refractivity contribution in [3.8, 4) is 0 Å². The van der Waals surface area contributed by atoms with Crippen LogP contribution in [0.3, 0.4) is 0 Å². The molecule has 1 amide bonds. The molecule has 0 saturated heterocycles. The summed E-state index contributed by atoms with van der Waals surface area (Å²) in [5, 5.41) is 7.83. The molecule has 0 spiro atoms. The molecule has 0 saturated carbocycles. The number of pyridine rings is 1. The van der Waals surface area contributed by atoms with Crippen LogP contribution in [0.4, 0.5) is 5.69 Å². The molecule has 1 aromatic carbocycles. The number of carbonyl (C=O) groups is 1. The van der Waals surface area contributed by atoms with Gasteiger partial charge < -0.3 is 9.73 Å². The molecular formula is C20H18N4O4S. The Morgan fingerprint density at radius 2 is 1.97 bits per heavy atom. The molecule has 0 aliphatic heterocycles. The summed E-state index contributed by atoms with van der Waals surface area (Å²) in [6, 6.07) is 11.3. The highest BCUT2D eigenvalue weighted by Crippen LogP contribution is 2.23. The van der Waals surface area contributed by atoms with Gasteiger partial charge in [0.25, 0.3) is 5.91 Å². The third-order valence-corrected chi connectivity index (χ3v) is 6.20. The highest BCUT2D eigenvalue weighted by molar-refractivity contribution is 7.90. The first-order chi connectivity index (χ1) is 13.8. The van der Waals surface area contributed by atoms with Crippen LogP contribution in [0.25, 0.3) is 11.0 Å². The van der Waals surface area contributed by atoms with Crippen LogP contribution in [0.1, 0.15) is 21.8 Å². The minimum Gasteiger partial charge on any atom is -0.459 e. The lowest BCUT2D eigenvalue weighted by atomic mass is 10.2. The molecule has 1 N–H and O–H groups in total. The number of hydrogen-bond donors (Lipinski definition) is 1. The summed E-state index contributed by atoms with van der Waals surface area (Å²) in [5.41, 5.74) is 2.25. The molecule has 3 heterocycles. The van der Waals surface area contributed by atoms with Gasteiger partial charge >= 0.3 is 0 Å². The van der Waals surface area contributed by atoms with Crippen LogP contribution in [-0.2, 0) is 22.6 Å². The molecule has 3 aromatic heterocycles. The molecule has 0 bridgehead atoms. The summed E-state index contributed by atoms with van der Waals surface area (Å²) < 4.78 is 32.2. The van der Waals surface area contributed by atoms with E-state index >= 15 is 0 Å². The molecule has 0 fully saturated rings. The number of nitrogens with zero attached hydrogens (tertiary/aromatic N) is 3. The van der Waals surface area contributed by atoms with Crippen LogP contribution in [-0.4, -0.2) is 29.1 Å². The van der Waals surface area contributed by atoms with Gasteiger partial charge in [-0.3, -0.25) is 9.48 Å². The zero-order valence-electron chi connectivity index (χ0n) is 15.8. The van der Waals surface area contributed by atoms with Gasteiger partial charge in [-0.15, -0.1) is 0 Å². The smallest absolute Gasteiger partial charge is 0.291 e. The second-order valence-electron chi connectivity index (χ2n) is 6.61. The van der Waals surface area contributed by atoms with E-state index in [0.717, 1.165) is 11.1 Å². The van der Waals surface area contributed by atoms with E-state index in [1.165, 1.54) is 30.7 Å². The molecule has 148 valence electrons. The molecule has 29 heavy (non-hydrogen) atoms. The van der Waals surface area contributed by atoms with E-state index in [-0.39, 0.29) is 22.0 Å². The number of aromatic nitrogens is 3. The molecular weight excluding hydrogens is 392 g/mol. The van der Waals surface area contributed by atoms with Crippen molar-refractivity contribution in [1.29, 1.82) is 0 Å². The topological polar surface area (TPSA) is 107 Å². The lowest BCUT2D eigenvalue weighted by Gasteiger charge is -2.07. The van der Waals surface area contributed by atoms with Crippen molar-refractivity contribution in [3.63, 3.8) is 0 Å². The summed E-state index contributed by atoms with van der Waals surface area (Å²) in [6.07, 6.45) is 2.82. The Kier molecular flexibility index (Phi) is 4.67. The van der Waals surface area contributed by atoms with Gasteiger partial charge in [0, 0.05) is 18.0 Å². The highest BCUT2D eigenvalue weighted by Gasteiger charge is 2.23. The summed E-state index contributed by atoms with van der Waals surface area (Å²) in [4.78, 5) is 17.2. The van der Waals surface area contributed by atoms with Gasteiger partial charge in [-0.25, -0.2) is 13.4 Å². The minimum atomic E-state index is -3.61. The summed E-state index contributed by atoms with van der Waals surface area (Å²) in [5.74, 6) is -0.932. The molecule has 0 atom stereocenters. The lowest BCUT2D eigenvalue weighted by molar-refractivity contribution is 0.0995. The van der Waals surface area contributed by atoms with E-state index in [1.54, 1.807) is 36.0 Å². The Bertz CT molecular complexity index is 1310. The van der Waals surface area contributed by atoms with Gasteiger partial charge in [-0.2, -0.15) is 5.10 Å². The maximum atomic E-state index is 12.7. The molecule has 4 aromatic rings. The van der Waals surface area contributed by atoms with Crippen molar-refractivity contribution >= 4 is 32.5 Å². The van der Waals surface area contributed by atoms with E-state index in [4.69, 9.17) is 4.42 Å². The molecule has 0 radical (unpaired) electrons. The number of fused-ring (bicyclic) bond motifs is 1. The first kappa shape index (κ1) is 18.9. The molecule has 8 nitrogen and oxygen atoms in total. The molecule has 4 rings (SSSR count). The molecule has 0 unspecified atom stereocenters. The van der Waals surface area contributed by atoms with Crippen molar-refractivity contribution in [2.24, 2.45) is 7.05 Å². The van der Waals surface area contributed by atoms with E-state index in [0.29, 0.717) is 11.3 Å². The van der Waals surface area contributed by atoms with Crippen LogP contribution >= 0.6 is 0 Å². The van der Waals surface area contributed by atoms with Crippen LogP contribution in [0.5, 0.6) is 0 Å². The number of anilines is 1. The number of rotatable bonds is 5. The molecule has 0 aliphatic carbocycles. The number of hydrogen-bond acceptors (Lipinski definition) is 6. The predicted molar refractivity (Wildman–Crippen MR) is 107 cm³/mol. The molecule has 9 heteroatoms. The van der Waals surface area contributed by atoms with Crippen LogP contribution in [0, 0.1) is 6.92 Å². The highest BCUT2D eigenvalue weighted by atomic mass is 32.2. The average molecular weight is 410 g/mol. The standard InChI is InChI=1S/C20H18N4O4S/c1-13-17-10-15(11-21-19(17)24(2)23-13)22-20(25)18-14(8-9-28-18)12-29(26,27)16-6-4-3-5-7-16/h3-11H,12H2,1-2H3,(H,22,25). The first-order valence-electron chi connectivity index (χ1n) is 8.80. The number of sulfone groups is 1. The lowest BCUT2D eigenvalue weighted by Crippen LogP contribution is -2.15. The van der Waals surface area contributed by atoms with Gasteiger partial charge in [0.2, 0.25) is 0 Å². The normalized spacial score (nSPS) is 11.7. The van der Waals surface area contributed by atoms with E-state index in [2.05, 4.69) is 15.4 Å². The monoisotopic (exact) mass is 410 g/mol. The second-order valence-corrected chi connectivity index (χ2v) is 8.59. The van der Waals surface area contributed by atoms with E-state index < -0.39 is 15.7 Å². The maximum absolute atomic E-state index is 12.7.